The number of nitrogens with one attached hydrogen (secondary N) is 1. The van der Waals surface area contributed by atoms with Gasteiger partial charge in [-0.15, -0.1) is 13.2 Å². The second-order valence-corrected chi connectivity index (χ2v) is 6.02. The van der Waals surface area contributed by atoms with E-state index in [1.54, 1.807) is 23.0 Å². The van der Waals surface area contributed by atoms with Gasteiger partial charge in [-0.1, -0.05) is 0 Å². The van der Waals surface area contributed by atoms with Crippen LogP contribution in [0.4, 0.5) is 13.2 Å². The zero-order chi connectivity index (χ0) is 17.6. The molecule has 2 aromatic heterocycles. The first kappa shape index (κ1) is 15.9. The largest absolute Gasteiger partial charge is 0.573 e. The summed E-state index contributed by atoms with van der Waals surface area (Å²) in [7, 11) is 0. The van der Waals surface area contributed by atoms with Crippen LogP contribution < -0.4 is 10.1 Å². The fourth-order valence-electron chi connectivity index (χ4n) is 2.96. The Balaban J connectivity index is 1.77. The maximum absolute atomic E-state index is 12.3. The highest BCUT2D eigenvalue weighted by atomic mass is 19.4. The predicted octanol–water partition coefficient (Wildman–Crippen LogP) is 3.31. The Kier molecular flexibility index (Phi) is 3.64. The third-order valence-electron chi connectivity index (χ3n) is 4.29. The maximum atomic E-state index is 12.3. The second kappa shape index (κ2) is 5.73. The Morgan fingerprint density at radius 3 is 2.48 bits per heavy atom. The molecule has 0 atom stereocenters. The number of fused-ring (bicyclic) bond motifs is 1. The maximum Gasteiger partial charge on any atom is 0.573 e. The van der Waals surface area contributed by atoms with Gasteiger partial charge in [0.25, 0.3) is 0 Å². The zero-order valence-electron chi connectivity index (χ0n) is 13.3. The summed E-state index contributed by atoms with van der Waals surface area (Å²) >= 11 is 0. The summed E-state index contributed by atoms with van der Waals surface area (Å²) in [6.07, 6.45) is -3.00. The van der Waals surface area contributed by atoms with E-state index >= 15 is 0 Å². The molecule has 0 radical (unpaired) electrons. The van der Waals surface area contributed by atoms with E-state index in [1.807, 2.05) is 13.0 Å². The van der Waals surface area contributed by atoms with Crippen LogP contribution in [0.3, 0.4) is 0 Å². The van der Waals surface area contributed by atoms with Crippen molar-refractivity contribution in [1.29, 1.82) is 0 Å². The molecule has 0 bridgehead atoms. The number of aromatic nitrogens is 3. The van der Waals surface area contributed by atoms with E-state index in [1.165, 1.54) is 12.1 Å². The van der Waals surface area contributed by atoms with E-state index in [4.69, 9.17) is 5.10 Å². The predicted molar refractivity (Wildman–Crippen MR) is 85.9 cm³/mol. The molecule has 1 aliphatic rings. The number of aryl methyl sites for hydroxylation is 1. The molecule has 5 nitrogen and oxygen atoms in total. The molecule has 3 aromatic rings. The van der Waals surface area contributed by atoms with Gasteiger partial charge in [0.2, 0.25) is 0 Å². The first-order valence-electron chi connectivity index (χ1n) is 7.83. The van der Waals surface area contributed by atoms with E-state index in [0.29, 0.717) is 17.3 Å². The summed E-state index contributed by atoms with van der Waals surface area (Å²) in [5.74, 6) is 0.0553. The molecular formula is C17H15F3N4O. The summed E-state index contributed by atoms with van der Waals surface area (Å²) in [5.41, 5.74) is 3.38. The summed E-state index contributed by atoms with van der Waals surface area (Å²) in [6.45, 7) is 3.73. The normalized spacial score (nSPS) is 15.4. The van der Waals surface area contributed by atoms with E-state index in [2.05, 4.69) is 15.0 Å². The van der Waals surface area contributed by atoms with Crippen molar-refractivity contribution in [2.45, 2.75) is 19.2 Å². The molecule has 0 spiro atoms. The van der Waals surface area contributed by atoms with E-state index in [-0.39, 0.29) is 5.75 Å². The number of rotatable bonds is 3. The van der Waals surface area contributed by atoms with Crippen molar-refractivity contribution < 1.29 is 17.9 Å². The molecule has 130 valence electrons. The zero-order valence-corrected chi connectivity index (χ0v) is 13.3. The topological polar surface area (TPSA) is 52.0 Å². The lowest BCUT2D eigenvalue weighted by Crippen LogP contribution is -2.40. The molecule has 25 heavy (non-hydrogen) atoms. The average Bonchev–Trinajstić information content (AvgIpc) is 2.85. The van der Waals surface area contributed by atoms with Crippen LogP contribution in [0.5, 0.6) is 5.75 Å². The molecule has 0 amide bonds. The lowest BCUT2D eigenvalue weighted by atomic mass is 9.96. The van der Waals surface area contributed by atoms with Crippen molar-refractivity contribution in [1.82, 2.24) is 20.1 Å². The molecule has 0 unspecified atom stereocenters. The average molecular weight is 348 g/mol. The molecule has 8 heteroatoms. The van der Waals surface area contributed by atoms with Crippen LogP contribution in [0.25, 0.3) is 16.7 Å². The van der Waals surface area contributed by atoms with Crippen molar-refractivity contribution in [3.8, 4) is 11.4 Å². The van der Waals surface area contributed by atoms with Crippen molar-refractivity contribution in [3.63, 3.8) is 0 Å². The highest BCUT2D eigenvalue weighted by Crippen LogP contribution is 2.31. The molecule has 1 aromatic carbocycles. The highest BCUT2D eigenvalue weighted by Gasteiger charge is 2.31. The fraction of sp³-hybridized carbons (Fsp3) is 0.294. The second-order valence-electron chi connectivity index (χ2n) is 6.02. The minimum absolute atomic E-state index is 0.264. The minimum Gasteiger partial charge on any atom is -0.406 e. The summed E-state index contributed by atoms with van der Waals surface area (Å²) in [4.78, 5) is 4.43. The number of alkyl halides is 3. The molecule has 0 saturated carbocycles. The van der Waals surface area contributed by atoms with Crippen LogP contribution in [-0.4, -0.2) is 34.2 Å². The van der Waals surface area contributed by atoms with Gasteiger partial charge in [-0.25, -0.2) is 9.67 Å². The minimum atomic E-state index is -4.71. The van der Waals surface area contributed by atoms with Gasteiger partial charge in [0.1, 0.15) is 5.75 Å². The number of halogens is 3. The van der Waals surface area contributed by atoms with Crippen molar-refractivity contribution in [2.24, 2.45) is 0 Å². The molecule has 1 saturated heterocycles. The Labute approximate surface area is 141 Å². The van der Waals surface area contributed by atoms with Crippen LogP contribution in [-0.2, 0) is 0 Å². The van der Waals surface area contributed by atoms with Crippen molar-refractivity contribution in [2.75, 3.05) is 13.1 Å². The van der Waals surface area contributed by atoms with Crippen molar-refractivity contribution >= 4 is 11.0 Å². The SMILES string of the molecule is Cc1ccnc2c1c(C1CNC1)nn2-c1ccc(OC(F)(F)F)cc1. The number of benzene rings is 1. The van der Waals surface area contributed by atoms with Gasteiger partial charge < -0.3 is 10.1 Å². The first-order valence-corrected chi connectivity index (χ1v) is 7.83. The molecule has 3 heterocycles. The molecule has 1 aliphatic heterocycles. The number of nitrogens with zero attached hydrogens (tertiary/aromatic N) is 3. The number of hydrogen-bond acceptors (Lipinski definition) is 4. The van der Waals surface area contributed by atoms with E-state index < -0.39 is 6.36 Å². The van der Waals surface area contributed by atoms with Gasteiger partial charge >= 0.3 is 6.36 Å². The third-order valence-corrected chi connectivity index (χ3v) is 4.29. The molecule has 0 aliphatic carbocycles. The number of pyridine rings is 1. The first-order chi connectivity index (χ1) is 11.9. The van der Waals surface area contributed by atoms with E-state index in [0.717, 1.165) is 29.7 Å². The van der Waals surface area contributed by atoms with Gasteiger partial charge in [0, 0.05) is 30.6 Å². The van der Waals surface area contributed by atoms with Crippen LogP contribution in [0.15, 0.2) is 36.5 Å². The van der Waals surface area contributed by atoms with Gasteiger partial charge in [0.15, 0.2) is 5.65 Å². The number of ether oxygens (including phenoxy) is 1. The summed E-state index contributed by atoms with van der Waals surface area (Å²) < 4.78 is 42.5. The standard InChI is InChI=1S/C17H15F3N4O/c1-10-6-7-22-16-14(10)15(11-8-21-9-11)23-24(16)12-2-4-13(5-3-12)25-17(18,19)20/h2-7,11,21H,8-9H2,1H3. The summed E-state index contributed by atoms with van der Waals surface area (Å²) in [5, 5.41) is 8.93. The summed E-state index contributed by atoms with van der Waals surface area (Å²) in [6, 6.07) is 7.57. The lowest BCUT2D eigenvalue weighted by molar-refractivity contribution is -0.274. The fourth-order valence-corrected chi connectivity index (χ4v) is 2.96. The van der Waals surface area contributed by atoms with E-state index in [9.17, 15) is 13.2 Å². The molecular weight excluding hydrogens is 333 g/mol. The Morgan fingerprint density at radius 1 is 1.16 bits per heavy atom. The third kappa shape index (κ3) is 2.93. The van der Waals surface area contributed by atoms with Gasteiger partial charge in [0.05, 0.1) is 11.4 Å². The molecule has 1 N–H and O–H groups in total. The smallest absolute Gasteiger partial charge is 0.406 e. The Hall–Kier alpha value is -2.61. The number of hydrogen-bond donors (Lipinski definition) is 1. The Morgan fingerprint density at radius 2 is 1.88 bits per heavy atom. The Bertz CT molecular complexity index is 914. The van der Waals surface area contributed by atoms with Crippen LogP contribution >= 0.6 is 0 Å². The lowest BCUT2D eigenvalue weighted by Gasteiger charge is -2.25. The van der Waals surface area contributed by atoms with Crippen LogP contribution in [0.2, 0.25) is 0 Å². The monoisotopic (exact) mass is 348 g/mol. The van der Waals surface area contributed by atoms with Crippen LogP contribution in [0.1, 0.15) is 17.2 Å². The van der Waals surface area contributed by atoms with Gasteiger partial charge in [-0.3, -0.25) is 0 Å². The molecule has 4 rings (SSSR count). The highest BCUT2D eigenvalue weighted by molar-refractivity contribution is 5.84. The molecule has 1 fully saturated rings. The van der Waals surface area contributed by atoms with Gasteiger partial charge in [-0.05, 0) is 42.8 Å². The van der Waals surface area contributed by atoms with Crippen LogP contribution in [0, 0.1) is 6.92 Å². The van der Waals surface area contributed by atoms with Gasteiger partial charge in [-0.2, -0.15) is 5.10 Å². The quantitative estimate of drug-likeness (QED) is 0.789. The van der Waals surface area contributed by atoms with Crippen molar-refractivity contribution in [3.05, 3.63) is 47.8 Å².